The van der Waals surface area contributed by atoms with Crippen molar-refractivity contribution >= 4 is 17.4 Å². The molecule has 0 bridgehead atoms. The maximum atomic E-state index is 12.7. The van der Waals surface area contributed by atoms with Crippen LogP contribution in [0.25, 0.3) is 0 Å². The van der Waals surface area contributed by atoms with Crippen LogP contribution in [-0.4, -0.2) is 22.4 Å². The van der Waals surface area contributed by atoms with E-state index in [1.54, 1.807) is 6.07 Å². The van der Waals surface area contributed by atoms with E-state index in [4.69, 9.17) is 0 Å². The molecule has 0 unspecified atom stereocenters. The van der Waals surface area contributed by atoms with Crippen LogP contribution in [0.1, 0.15) is 41.3 Å². The molecule has 0 atom stereocenters. The van der Waals surface area contributed by atoms with E-state index in [2.05, 4.69) is 46.2 Å². The van der Waals surface area contributed by atoms with E-state index in [0.29, 0.717) is 11.5 Å². The molecule has 0 aliphatic carbocycles. The summed E-state index contributed by atoms with van der Waals surface area (Å²) in [5.74, 6) is 1.10. The molecule has 0 spiro atoms. The molecule has 28 heavy (non-hydrogen) atoms. The maximum absolute atomic E-state index is 12.7. The monoisotopic (exact) mass is 374 g/mol. The average Bonchev–Trinajstić information content (AvgIpc) is 2.72. The summed E-state index contributed by atoms with van der Waals surface area (Å²) in [6.07, 6.45) is 0.969. The quantitative estimate of drug-likeness (QED) is 0.655. The fourth-order valence-corrected chi connectivity index (χ4v) is 3.01. The number of rotatable bonds is 7. The highest BCUT2D eigenvalue weighted by atomic mass is 16.1. The summed E-state index contributed by atoms with van der Waals surface area (Å²) in [6, 6.07) is 19.9. The lowest BCUT2D eigenvalue weighted by molar-refractivity contribution is 0.102. The molecule has 5 heteroatoms. The van der Waals surface area contributed by atoms with Crippen molar-refractivity contribution in [3.8, 4) is 0 Å². The Bertz CT molecular complexity index is 923. The number of carbonyl (C=O) groups is 1. The third-order valence-electron chi connectivity index (χ3n) is 4.60. The lowest BCUT2D eigenvalue weighted by Gasteiger charge is -2.22. The van der Waals surface area contributed by atoms with E-state index in [0.717, 1.165) is 31.0 Å². The van der Waals surface area contributed by atoms with Gasteiger partial charge in [0.1, 0.15) is 17.3 Å². The Morgan fingerprint density at radius 3 is 2.32 bits per heavy atom. The van der Waals surface area contributed by atoms with Gasteiger partial charge in [-0.15, -0.1) is 0 Å². The minimum Gasteiger partial charge on any atom is -0.352 e. The van der Waals surface area contributed by atoms with Crippen molar-refractivity contribution in [2.75, 3.05) is 16.8 Å². The van der Waals surface area contributed by atoms with Crippen LogP contribution in [0.15, 0.2) is 60.7 Å². The summed E-state index contributed by atoms with van der Waals surface area (Å²) in [6.45, 7) is 7.51. The van der Waals surface area contributed by atoms with Crippen molar-refractivity contribution < 1.29 is 4.79 Å². The highest BCUT2D eigenvalue weighted by Gasteiger charge is 2.14. The van der Waals surface area contributed by atoms with E-state index >= 15 is 0 Å². The zero-order valence-corrected chi connectivity index (χ0v) is 16.6. The second-order valence-corrected chi connectivity index (χ2v) is 6.66. The maximum Gasteiger partial charge on any atom is 0.274 e. The van der Waals surface area contributed by atoms with Crippen LogP contribution in [0.4, 0.5) is 11.5 Å². The first kappa shape index (κ1) is 19.5. The van der Waals surface area contributed by atoms with Crippen molar-refractivity contribution in [2.45, 2.75) is 33.7 Å². The Labute approximate surface area is 166 Å². The standard InChI is InChI=1S/C23H26N4O/c1-4-18-11-13-20(14-12-18)26-23(28)21-15-22(25-17(3)24-21)27(5-2)16-19-9-7-6-8-10-19/h6-15H,4-5,16H2,1-3H3,(H,26,28). The molecule has 0 saturated carbocycles. The third-order valence-corrected chi connectivity index (χ3v) is 4.60. The Morgan fingerprint density at radius 2 is 1.68 bits per heavy atom. The summed E-state index contributed by atoms with van der Waals surface area (Å²) in [5.41, 5.74) is 3.56. The number of aromatic nitrogens is 2. The lowest BCUT2D eigenvalue weighted by atomic mass is 10.1. The van der Waals surface area contributed by atoms with Crippen molar-refractivity contribution in [1.29, 1.82) is 0 Å². The number of nitrogens with zero attached hydrogens (tertiary/aromatic N) is 3. The number of aryl methyl sites for hydroxylation is 2. The zero-order valence-electron chi connectivity index (χ0n) is 16.6. The SMILES string of the molecule is CCc1ccc(NC(=O)c2cc(N(CC)Cc3ccccc3)nc(C)n2)cc1. The predicted octanol–water partition coefficient (Wildman–Crippen LogP) is 4.63. The second-order valence-electron chi connectivity index (χ2n) is 6.66. The predicted molar refractivity (Wildman–Crippen MR) is 114 cm³/mol. The van der Waals surface area contributed by atoms with Crippen LogP contribution >= 0.6 is 0 Å². The Morgan fingerprint density at radius 1 is 0.964 bits per heavy atom. The van der Waals surface area contributed by atoms with Gasteiger partial charge in [0.15, 0.2) is 0 Å². The first-order chi connectivity index (χ1) is 13.6. The number of carbonyl (C=O) groups excluding carboxylic acids is 1. The van der Waals surface area contributed by atoms with Crippen LogP contribution in [-0.2, 0) is 13.0 Å². The summed E-state index contributed by atoms with van der Waals surface area (Å²) in [5, 5.41) is 2.92. The molecule has 3 aromatic rings. The summed E-state index contributed by atoms with van der Waals surface area (Å²) in [4.78, 5) is 23.7. The van der Waals surface area contributed by atoms with E-state index in [1.807, 2.05) is 49.4 Å². The molecule has 144 valence electrons. The molecule has 0 aliphatic heterocycles. The number of benzene rings is 2. The van der Waals surface area contributed by atoms with Crippen molar-refractivity contribution in [1.82, 2.24) is 9.97 Å². The Hall–Kier alpha value is -3.21. The van der Waals surface area contributed by atoms with Gasteiger partial charge in [0.25, 0.3) is 5.91 Å². The van der Waals surface area contributed by atoms with Gasteiger partial charge in [-0.05, 0) is 43.5 Å². The van der Waals surface area contributed by atoms with Gasteiger partial charge in [0.2, 0.25) is 0 Å². The van der Waals surface area contributed by atoms with Gasteiger partial charge in [0.05, 0.1) is 0 Å². The minimum absolute atomic E-state index is 0.230. The van der Waals surface area contributed by atoms with Crippen molar-refractivity contribution in [3.63, 3.8) is 0 Å². The minimum atomic E-state index is -0.230. The zero-order chi connectivity index (χ0) is 19.9. The molecular weight excluding hydrogens is 348 g/mol. The third kappa shape index (κ3) is 4.94. The van der Waals surface area contributed by atoms with Crippen molar-refractivity contribution in [3.05, 3.63) is 83.3 Å². The van der Waals surface area contributed by atoms with E-state index in [1.165, 1.54) is 11.1 Å². The molecule has 0 fully saturated rings. The van der Waals surface area contributed by atoms with Gasteiger partial charge in [-0.2, -0.15) is 0 Å². The highest BCUT2D eigenvalue weighted by molar-refractivity contribution is 6.03. The molecule has 1 N–H and O–H groups in total. The fraction of sp³-hybridized carbons (Fsp3) is 0.261. The van der Waals surface area contributed by atoms with Gasteiger partial charge < -0.3 is 10.2 Å². The molecule has 0 saturated heterocycles. The van der Waals surface area contributed by atoms with Crippen LogP contribution in [0.3, 0.4) is 0 Å². The fourth-order valence-electron chi connectivity index (χ4n) is 3.01. The normalized spacial score (nSPS) is 10.5. The number of nitrogens with one attached hydrogen (secondary N) is 1. The highest BCUT2D eigenvalue weighted by Crippen LogP contribution is 2.17. The molecule has 1 amide bonds. The van der Waals surface area contributed by atoms with Crippen LogP contribution in [0.2, 0.25) is 0 Å². The first-order valence-electron chi connectivity index (χ1n) is 9.64. The van der Waals surface area contributed by atoms with Crippen LogP contribution in [0.5, 0.6) is 0 Å². The summed E-state index contributed by atoms with van der Waals surface area (Å²) in [7, 11) is 0. The first-order valence-corrected chi connectivity index (χ1v) is 9.64. The summed E-state index contributed by atoms with van der Waals surface area (Å²) < 4.78 is 0. The van der Waals surface area contributed by atoms with E-state index in [9.17, 15) is 4.79 Å². The number of amides is 1. The number of anilines is 2. The topological polar surface area (TPSA) is 58.1 Å². The Balaban J connectivity index is 1.80. The van der Waals surface area contributed by atoms with Crippen LogP contribution < -0.4 is 10.2 Å². The molecule has 1 aromatic heterocycles. The summed E-state index contributed by atoms with van der Waals surface area (Å²) >= 11 is 0. The van der Waals surface area contributed by atoms with Gasteiger partial charge in [-0.1, -0.05) is 49.4 Å². The number of hydrogen-bond donors (Lipinski definition) is 1. The Kier molecular flexibility index (Phi) is 6.37. The number of hydrogen-bond acceptors (Lipinski definition) is 4. The lowest BCUT2D eigenvalue weighted by Crippen LogP contribution is -2.25. The second kappa shape index (κ2) is 9.13. The molecule has 0 radical (unpaired) electrons. The molecular formula is C23H26N4O. The van der Waals surface area contributed by atoms with Gasteiger partial charge in [0, 0.05) is 24.8 Å². The van der Waals surface area contributed by atoms with E-state index < -0.39 is 0 Å². The molecule has 0 aliphatic rings. The molecule has 3 rings (SSSR count). The molecule has 5 nitrogen and oxygen atoms in total. The molecule has 2 aromatic carbocycles. The van der Waals surface area contributed by atoms with Gasteiger partial charge in [-0.3, -0.25) is 4.79 Å². The van der Waals surface area contributed by atoms with Crippen LogP contribution in [0, 0.1) is 6.92 Å². The van der Waals surface area contributed by atoms with Gasteiger partial charge >= 0.3 is 0 Å². The molecule has 1 heterocycles. The van der Waals surface area contributed by atoms with E-state index in [-0.39, 0.29) is 5.91 Å². The smallest absolute Gasteiger partial charge is 0.274 e. The van der Waals surface area contributed by atoms with Gasteiger partial charge in [-0.25, -0.2) is 9.97 Å². The largest absolute Gasteiger partial charge is 0.352 e. The van der Waals surface area contributed by atoms with Crippen molar-refractivity contribution in [2.24, 2.45) is 0 Å². The average molecular weight is 374 g/mol.